The number of esters is 1. The Morgan fingerprint density at radius 1 is 1.09 bits per heavy atom. The third kappa shape index (κ3) is 6.44. The number of hydrogen-bond acceptors (Lipinski definition) is 6. The van der Waals surface area contributed by atoms with Crippen molar-refractivity contribution >= 4 is 17.6 Å². The molecule has 3 aromatic rings. The molecule has 0 aliphatic heterocycles. The first-order valence-corrected chi connectivity index (χ1v) is 10.5. The normalized spacial score (nSPS) is 10.8. The van der Waals surface area contributed by atoms with E-state index in [-0.39, 0.29) is 24.9 Å². The molecule has 0 unspecified atom stereocenters. The number of carbonyl (C=O) groups excluding carboxylic acids is 2. The predicted molar refractivity (Wildman–Crippen MR) is 123 cm³/mol. The maximum absolute atomic E-state index is 13.9. The highest BCUT2D eigenvalue weighted by atomic mass is 19.1. The van der Waals surface area contributed by atoms with Crippen molar-refractivity contribution in [3.05, 3.63) is 83.4 Å². The Morgan fingerprint density at radius 3 is 2.64 bits per heavy atom. The van der Waals surface area contributed by atoms with Crippen molar-refractivity contribution in [2.45, 2.75) is 26.5 Å². The van der Waals surface area contributed by atoms with Crippen molar-refractivity contribution < 1.29 is 23.5 Å². The first-order chi connectivity index (χ1) is 15.9. The van der Waals surface area contributed by atoms with E-state index in [2.05, 4.69) is 10.3 Å². The molecule has 33 heavy (non-hydrogen) atoms. The van der Waals surface area contributed by atoms with E-state index in [0.717, 1.165) is 11.8 Å². The Morgan fingerprint density at radius 2 is 1.91 bits per heavy atom. The fraction of sp³-hybridized carbons (Fsp3) is 0.240. The molecule has 2 aromatic carbocycles. The molecule has 1 heterocycles. The topological polar surface area (TPSA) is 104 Å². The molecule has 3 N–H and O–H groups in total. The molecule has 0 fully saturated rings. The van der Waals surface area contributed by atoms with Gasteiger partial charge in [0, 0.05) is 18.3 Å². The number of aromatic nitrogens is 1. The molecule has 0 spiro atoms. The van der Waals surface area contributed by atoms with Gasteiger partial charge in [0.25, 0.3) is 5.91 Å². The van der Waals surface area contributed by atoms with E-state index >= 15 is 0 Å². The molecule has 0 saturated heterocycles. The second-order valence-electron chi connectivity index (χ2n) is 7.52. The summed E-state index contributed by atoms with van der Waals surface area (Å²) < 4.78 is 24.5. The number of rotatable bonds is 9. The molecule has 0 atom stereocenters. The molecule has 7 nitrogen and oxygen atoms in total. The van der Waals surface area contributed by atoms with Crippen molar-refractivity contribution in [1.29, 1.82) is 0 Å². The van der Waals surface area contributed by atoms with Gasteiger partial charge in [-0.1, -0.05) is 18.2 Å². The van der Waals surface area contributed by atoms with Crippen molar-refractivity contribution in [2.75, 3.05) is 18.5 Å². The molecule has 8 heteroatoms. The fourth-order valence-corrected chi connectivity index (χ4v) is 3.15. The van der Waals surface area contributed by atoms with Crippen LogP contribution in [0.25, 0.3) is 11.1 Å². The Balaban J connectivity index is 1.82. The number of pyridine rings is 1. The Kier molecular flexibility index (Phi) is 8.23. The largest absolute Gasteiger partial charge is 0.460 e. The number of nitrogens with zero attached hydrogens (tertiary/aromatic N) is 1. The summed E-state index contributed by atoms with van der Waals surface area (Å²) in [6, 6.07) is 13.3. The van der Waals surface area contributed by atoms with E-state index in [1.165, 1.54) is 12.3 Å². The average molecular weight is 451 g/mol. The molecule has 3 rings (SSSR count). The minimum absolute atomic E-state index is 0.0330. The van der Waals surface area contributed by atoms with Crippen molar-refractivity contribution in [1.82, 2.24) is 4.98 Å². The van der Waals surface area contributed by atoms with Crippen molar-refractivity contribution in [2.24, 2.45) is 5.73 Å². The van der Waals surface area contributed by atoms with Crippen molar-refractivity contribution in [3.8, 4) is 11.1 Å². The number of amides is 1. The summed E-state index contributed by atoms with van der Waals surface area (Å²) in [4.78, 5) is 28.8. The number of nitrogens with one attached hydrogen (secondary N) is 1. The summed E-state index contributed by atoms with van der Waals surface area (Å²) in [7, 11) is 0. The summed E-state index contributed by atoms with van der Waals surface area (Å²) in [5, 5.41) is 2.54. The minimum atomic E-state index is -0.630. The standard InChI is InChI=1S/C25H26FN3O4/c1-16(2)32-10-11-33-25(31)19-5-3-4-17(12-19)21-13-18(6-7-20(21)14-27)24(30)29-23-8-9-28-15-22(23)26/h3-9,12-13,15-16H,10-11,14,27H2,1-2H3,(H,28,29,30). The van der Waals surface area contributed by atoms with Crippen LogP contribution in [-0.2, 0) is 16.0 Å². The van der Waals surface area contributed by atoms with E-state index in [9.17, 15) is 14.0 Å². The van der Waals surface area contributed by atoms with Crippen LogP contribution < -0.4 is 11.1 Å². The molecule has 0 aliphatic rings. The van der Waals surface area contributed by atoms with Crippen LogP contribution in [0, 0.1) is 5.82 Å². The zero-order valence-electron chi connectivity index (χ0n) is 18.5. The molecular formula is C25H26FN3O4. The van der Waals surface area contributed by atoms with E-state index in [1.54, 1.807) is 36.4 Å². The third-order valence-corrected chi connectivity index (χ3v) is 4.79. The van der Waals surface area contributed by atoms with Gasteiger partial charge in [0.15, 0.2) is 5.82 Å². The lowest BCUT2D eigenvalue weighted by Crippen LogP contribution is -2.14. The smallest absolute Gasteiger partial charge is 0.338 e. The molecule has 172 valence electrons. The van der Waals surface area contributed by atoms with Gasteiger partial charge in [-0.15, -0.1) is 0 Å². The van der Waals surface area contributed by atoms with Crippen LogP contribution in [-0.4, -0.2) is 36.2 Å². The van der Waals surface area contributed by atoms with Gasteiger partial charge in [-0.3, -0.25) is 9.78 Å². The molecule has 1 aromatic heterocycles. The van der Waals surface area contributed by atoms with Gasteiger partial charge in [0.1, 0.15) is 6.61 Å². The predicted octanol–water partition coefficient (Wildman–Crippen LogP) is 4.18. The molecule has 0 bridgehead atoms. The summed E-state index contributed by atoms with van der Waals surface area (Å²) in [5.41, 5.74) is 8.80. The minimum Gasteiger partial charge on any atom is -0.460 e. The van der Waals surface area contributed by atoms with Crippen LogP contribution in [0.4, 0.5) is 10.1 Å². The Bertz CT molecular complexity index is 1130. The van der Waals surface area contributed by atoms with Gasteiger partial charge in [-0.25, -0.2) is 9.18 Å². The zero-order chi connectivity index (χ0) is 23.8. The summed E-state index contributed by atoms with van der Waals surface area (Å²) >= 11 is 0. The van der Waals surface area contributed by atoms with Gasteiger partial charge in [0.05, 0.1) is 30.2 Å². The van der Waals surface area contributed by atoms with E-state index in [0.29, 0.717) is 28.9 Å². The number of anilines is 1. The SMILES string of the molecule is CC(C)OCCOC(=O)c1cccc(-c2cc(C(=O)Nc3ccncc3F)ccc2CN)c1. The summed E-state index contributed by atoms with van der Waals surface area (Å²) in [6.45, 7) is 4.51. The monoisotopic (exact) mass is 451 g/mol. The Hall–Kier alpha value is -3.62. The maximum atomic E-state index is 13.9. The molecule has 0 aliphatic carbocycles. The summed E-state index contributed by atoms with van der Waals surface area (Å²) in [5.74, 6) is -1.58. The first-order valence-electron chi connectivity index (χ1n) is 10.5. The van der Waals surface area contributed by atoms with E-state index in [4.69, 9.17) is 15.2 Å². The number of carbonyl (C=O) groups is 2. The van der Waals surface area contributed by atoms with Crippen LogP contribution >= 0.6 is 0 Å². The Labute approximate surface area is 191 Å². The van der Waals surface area contributed by atoms with Crippen LogP contribution in [0.3, 0.4) is 0 Å². The van der Waals surface area contributed by atoms with Gasteiger partial charge >= 0.3 is 5.97 Å². The lowest BCUT2D eigenvalue weighted by molar-refractivity contribution is 0.0177. The zero-order valence-corrected chi connectivity index (χ0v) is 18.5. The highest BCUT2D eigenvalue weighted by Crippen LogP contribution is 2.27. The van der Waals surface area contributed by atoms with Gasteiger partial charge in [0.2, 0.25) is 0 Å². The van der Waals surface area contributed by atoms with Crippen molar-refractivity contribution in [3.63, 3.8) is 0 Å². The molecule has 0 saturated carbocycles. The fourth-order valence-electron chi connectivity index (χ4n) is 3.15. The second kappa shape index (κ2) is 11.3. The number of ether oxygens (including phenoxy) is 2. The first kappa shape index (κ1) is 24.0. The quantitative estimate of drug-likeness (QED) is 0.374. The van der Waals surface area contributed by atoms with Gasteiger partial charge < -0.3 is 20.5 Å². The van der Waals surface area contributed by atoms with Gasteiger partial charge in [-0.2, -0.15) is 0 Å². The van der Waals surface area contributed by atoms with Crippen LogP contribution in [0.1, 0.15) is 40.1 Å². The highest BCUT2D eigenvalue weighted by molar-refractivity contribution is 6.05. The van der Waals surface area contributed by atoms with E-state index < -0.39 is 17.7 Å². The molecule has 0 radical (unpaired) electrons. The van der Waals surface area contributed by atoms with Crippen LogP contribution in [0.15, 0.2) is 60.9 Å². The molecule has 1 amide bonds. The lowest BCUT2D eigenvalue weighted by Gasteiger charge is -2.13. The average Bonchev–Trinajstić information content (AvgIpc) is 2.82. The van der Waals surface area contributed by atoms with E-state index in [1.807, 2.05) is 19.9 Å². The van der Waals surface area contributed by atoms with Gasteiger partial charge in [-0.05, 0) is 60.9 Å². The number of hydrogen-bond donors (Lipinski definition) is 2. The third-order valence-electron chi connectivity index (χ3n) is 4.79. The molecular weight excluding hydrogens is 425 g/mol. The second-order valence-corrected chi connectivity index (χ2v) is 7.52. The lowest BCUT2D eigenvalue weighted by atomic mass is 9.95. The summed E-state index contributed by atoms with van der Waals surface area (Å²) in [6.07, 6.45) is 2.47. The number of nitrogens with two attached hydrogens (primary N) is 1. The highest BCUT2D eigenvalue weighted by Gasteiger charge is 2.15. The number of benzene rings is 2. The number of halogens is 1. The maximum Gasteiger partial charge on any atom is 0.338 e. The van der Waals surface area contributed by atoms with Crippen LogP contribution in [0.2, 0.25) is 0 Å². The van der Waals surface area contributed by atoms with Crippen LogP contribution in [0.5, 0.6) is 0 Å².